The molecule has 11 nitrogen and oxygen atoms in total. The predicted octanol–water partition coefficient (Wildman–Crippen LogP) is 1.50. The number of anilines is 1. The lowest BCUT2D eigenvalue weighted by molar-refractivity contribution is -0.138. The second-order valence-electron chi connectivity index (χ2n) is 7.23. The maximum Gasteiger partial charge on any atom is 0.417 e. The van der Waals surface area contributed by atoms with Crippen molar-refractivity contribution < 1.29 is 17.6 Å². The van der Waals surface area contributed by atoms with E-state index < -0.39 is 23.0 Å². The topological polar surface area (TPSA) is 131 Å². The third kappa shape index (κ3) is 3.26. The quantitative estimate of drug-likeness (QED) is 0.430. The second kappa shape index (κ2) is 7.08. The maximum absolute atomic E-state index is 13.0. The number of nitrogen functional groups attached to an aromatic ring is 1. The number of fused-ring (bicyclic) bond motifs is 3. The Balaban J connectivity index is 1.61. The van der Waals surface area contributed by atoms with Crippen molar-refractivity contribution >= 4 is 22.8 Å². The summed E-state index contributed by atoms with van der Waals surface area (Å²) >= 11 is 0. The summed E-state index contributed by atoms with van der Waals surface area (Å²) in [4.78, 5) is 33.6. The highest BCUT2D eigenvalue weighted by molar-refractivity contribution is 5.88. The van der Waals surface area contributed by atoms with Crippen molar-refractivity contribution in [3.8, 4) is 11.6 Å². The van der Waals surface area contributed by atoms with Crippen molar-refractivity contribution in [2.24, 2.45) is 7.05 Å². The Hall–Kier alpha value is -4.36. The number of nitrogens with zero attached hydrogens (tertiary/aromatic N) is 7. The Morgan fingerprint density at radius 3 is 2.58 bits per heavy atom. The van der Waals surface area contributed by atoms with Crippen molar-refractivity contribution in [1.82, 2.24) is 33.3 Å². The van der Waals surface area contributed by atoms with Crippen LogP contribution in [0, 0.1) is 0 Å². The van der Waals surface area contributed by atoms with Crippen LogP contribution in [0.3, 0.4) is 0 Å². The lowest BCUT2D eigenvalue weighted by Crippen LogP contribution is -2.28. The Labute approximate surface area is 181 Å². The average molecular weight is 460 g/mol. The van der Waals surface area contributed by atoms with Crippen LogP contribution in [0.25, 0.3) is 28.4 Å². The first kappa shape index (κ1) is 20.5. The van der Waals surface area contributed by atoms with Gasteiger partial charge in [0, 0.05) is 32.4 Å². The molecule has 5 rings (SSSR count). The van der Waals surface area contributed by atoms with E-state index in [1.54, 1.807) is 12.1 Å². The fourth-order valence-electron chi connectivity index (χ4n) is 3.58. The number of halogens is 3. The molecular weight excluding hydrogens is 445 g/mol. The molecule has 14 heteroatoms. The molecular formula is C19H15F3N8O3. The van der Waals surface area contributed by atoms with E-state index in [1.165, 1.54) is 27.0 Å². The number of nitrogens with two attached hydrogens (primary N) is 1. The van der Waals surface area contributed by atoms with Crippen molar-refractivity contribution in [2.75, 3.05) is 5.73 Å². The van der Waals surface area contributed by atoms with Crippen LogP contribution in [-0.2, 0) is 26.3 Å². The van der Waals surface area contributed by atoms with Crippen LogP contribution < -0.4 is 17.0 Å². The predicted molar refractivity (Wildman–Crippen MR) is 109 cm³/mol. The van der Waals surface area contributed by atoms with Gasteiger partial charge >= 0.3 is 11.9 Å². The molecule has 0 amide bonds. The molecule has 170 valence electrons. The Morgan fingerprint density at radius 1 is 1.09 bits per heavy atom. The molecule has 2 N–H and O–H groups in total. The highest BCUT2D eigenvalue weighted by Crippen LogP contribution is 2.28. The van der Waals surface area contributed by atoms with Gasteiger partial charge in [-0.05, 0) is 18.2 Å². The molecule has 5 aromatic heterocycles. The Bertz CT molecular complexity index is 1620. The molecule has 0 spiro atoms. The number of hydrogen-bond acceptors (Lipinski definition) is 7. The molecule has 0 atom stereocenters. The summed E-state index contributed by atoms with van der Waals surface area (Å²) < 4.78 is 49.0. The molecule has 5 aromatic rings. The standard InChI is InChI=1S/C19H15F3N8O3/c1-27-13-15(25-17(23)30-16(13)24-14(26-30)11-3-2-8-33-11)29(18(27)32)7-6-28-9-10(19(20,21)22)4-5-12(28)31/h2-5,8-9H,6-7H2,1H3,(H2,23,25). The van der Waals surface area contributed by atoms with Gasteiger partial charge in [-0.15, -0.1) is 5.10 Å². The number of imidazole rings is 1. The zero-order valence-corrected chi connectivity index (χ0v) is 16.9. The zero-order chi connectivity index (χ0) is 23.5. The molecule has 0 bridgehead atoms. The van der Waals surface area contributed by atoms with Gasteiger partial charge < -0.3 is 14.7 Å². The minimum Gasteiger partial charge on any atom is -0.461 e. The highest BCUT2D eigenvalue weighted by atomic mass is 19.4. The van der Waals surface area contributed by atoms with Crippen molar-refractivity contribution in [3.63, 3.8) is 0 Å². The van der Waals surface area contributed by atoms with E-state index in [2.05, 4.69) is 15.1 Å². The highest BCUT2D eigenvalue weighted by Gasteiger charge is 2.31. The number of hydrogen-bond donors (Lipinski definition) is 1. The summed E-state index contributed by atoms with van der Waals surface area (Å²) in [7, 11) is 1.50. The van der Waals surface area contributed by atoms with Gasteiger partial charge in [0.1, 0.15) is 5.52 Å². The van der Waals surface area contributed by atoms with Crippen molar-refractivity contribution in [3.05, 3.63) is 63.1 Å². The molecule has 5 heterocycles. The number of rotatable bonds is 4. The van der Waals surface area contributed by atoms with Crippen LogP contribution in [0.4, 0.5) is 19.1 Å². The van der Waals surface area contributed by atoms with E-state index in [1.807, 2.05) is 0 Å². The Kier molecular flexibility index (Phi) is 4.41. The lowest BCUT2D eigenvalue weighted by atomic mass is 10.3. The first-order valence-electron chi connectivity index (χ1n) is 9.58. The smallest absolute Gasteiger partial charge is 0.417 e. The minimum absolute atomic E-state index is 0.0570. The molecule has 0 aliphatic rings. The summed E-state index contributed by atoms with van der Waals surface area (Å²) in [5, 5.41) is 4.27. The number of furan rings is 1. The summed E-state index contributed by atoms with van der Waals surface area (Å²) in [5.41, 5.74) is 4.65. The molecule has 0 saturated carbocycles. The van der Waals surface area contributed by atoms with Gasteiger partial charge in [-0.2, -0.15) is 22.7 Å². The fraction of sp³-hybridized carbons (Fsp3) is 0.211. The third-order valence-corrected chi connectivity index (χ3v) is 5.19. The minimum atomic E-state index is -4.60. The Morgan fingerprint density at radius 2 is 1.88 bits per heavy atom. The van der Waals surface area contributed by atoms with E-state index >= 15 is 0 Å². The molecule has 0 aliphatic carbocycles. The summed E-state index contributed by atoms with van der Waals surface area (Å²) in [6.45, 7) is -0.321. The van der Waals surface area contributed by atoms with Gasteiger partial charge in [-0.25, -0.2) is 9.78 Å². The summed E-state index contributed by atoms with van der Waals surface area (Å²) in [5.74, 6) is 0.565. The number of alkyl halides is 3. The molecule has 0 aromatic carbocycles. The van der Waals surface area contributed by atoms with Crippen LogP contribution in [-0.4, -0.2) is 33.3 Å². The number of aromatic nitrogens is 7. The average Bonchev–Trinajstić information content (AvgIpc) is 3.47. The fourth-order valence-corrected chi connectivity index (χ4v) is 3.58. The lowest BCUT2D eigenvalue weighted by Gasteiger charge is -2.11. The van der Waals surface area contributed by atoms with Crippen molar-refractivity contribution in [2.45, 2.75) is 19.3 Å². The van der Waals surface area contributed by atoms with E-state index in [0.717, 1.165) is 10.6 Å². The second-order valence-corrected chi connectivity index (χ2v) is 7.23. The zero-order valence-electron chi connectivity index (χ0n) is 16.9. The van der Waals surface area contributed by atoms with E-state index in [0.29, 0.717) is 23.5 Å². The largest absolute Gasteiger partial charge is 0.461 e. The van der Waals surface area contributed by atoms with Gasteiger partial charge in [-0.3, -0.25) is 13.9 Å². The summed E-state index contributed by atoms with van der Waals surface area (Å²) in [6.07, 6.45) is -2.43. The van der Waals surface area contributed by atoms with Crippen LogP contribution in [0.1, 0.15) is 5.56 Å². The molecule has 0 fully saturated rings. The molecule has 33 heavy (non-hydrogen) atoms. The van der Waals surface area contributed by atoms with Crippen LogP contribution in [0.15, 0.2) is 50.7 Å². The third-order valence-electron chi connectivity index (χ3n) is 5.19. The maximum atomic E-state index is 13.0. The van der Waals surface area contributed by atoms with Gasteiger partial charge in [0.05, 0.1) is 11.8 Å². The molecule has 0 unspecified atom stereocenters. The molecule has 0 aliphatic heterocycles. The normalized spacial score (nSPS) is 12.2. The SMILES string of the molecule is Cn1c(=O)n(CCn2cc(C(F)(F)F)ccc2=O)c2nc(N)n3nc(-c4ccco4)nc3c21. The first-order chi connectivity index (χ1) is 15.6. The number of aryl methyl sites for hydroxylation is 3. The van der Waals surface area contributed by atoms with Crippen LogP contribution >= 0.6 is 0 Å². The molecule has 0 saturated heterocycles. The van der Waals surface area contributed by atoms with Crippen molar-refractivity contribution in [1.29, 1.82) is 0 Å². The van der Waals surface area contributed by atoms with E-state index in [9.17, 15) is 22.8 Å². The van der Waals surface area contributed by atoms with Gasteiger partial charge in [0.2, 0.25) is 11.8 Å². The van der Waals surface area contributed by atoms with E-state index in [4.69, 9.17) is 10.2 Å². The van der Waals surface area contributed by atoms with E-state index in [-0.39, 0.29) is 36.2 Å². The van der Waals surface area contributed by atoms with Crippen LogP contribution in [0.2, 0.25) is 0 Å². The monoisotopic (exact) mass is 460 g/mol. The summed E-state index contributed by atoms with van der Waals surface area (Å²) in [6, 6.07) is 4.87. The van der Waals surface area contributed by atoms with Gasteiger partial charge in [0.15, 0.2) is 17.1 Å². The first-order valence-corrected chi connectivity index (χ1v) is 9.58. The molecule has 0 radical (unpaired) electrons. The van der Waals surface area contributed by atoms with Crippen LogP contribution in [0.5, 0.6) is 0 Å². The van der Waals surface area contributed by atoms with Gasteiger partial charge in [-0.1, -0.05) is 0 Å². The number of pyridine rings is 1. The van der Waals surface area contributed by atoms with Gasteiger partial charge in [0.25, 0.3) is 5.56 Å².